The van der Waals surface area contributed by atoms with Crippen LogP contribution in [0.2, 0.25) is 0 Å². The van der Waals surface area contributed by atoms with E-state index >= 15 is 0 Å². The van der Waals surface area contributed by atoms with Gasteiger partial charge in [-0.3, -0.25) is 0 Å². The molecule has 1 aliphatic heterocycles. The molecule has 0 bridgehead atoms. The number of anilines is 1. The van der Waals surface area contributed by atoms with E-state index in [4.69, 9.17) is 0 Å². The average molecular weight is 534 g/mol. The molecule has 3 aromatic carbocycles. The zero-order chi connectivity index (χ0) is 25.1. The first-order valence-electron chi connectivity index (χ1n) is 11.8. The summed E-state index contributed by atoms with van der Waals surface area (Å²) < 4.78 is 31.6. The second-order valence-corrected chi connectivity index (χ2v) is 10.9. The van der Waals surface area contributed by atoms with E-state index in [1.807, 2.05) is 66.3 Å². The Bertz CT molecular complexity index is 1500. The Kier molecular flexibility index (Phi) is 7.98. The summed E-state index contributed by atoms with van der Waals surface area (Å²) in [6.07, 6.45) is 4.16. The Hall–Kier alpha value is -3.64. The van der Waals surface area contributed by atoms with E-state index in [2.05, 4.69) is 16.0 Å². The topological polar surface area (TPSA) is 82.2 Å². The highest BCUT2D eigenvalue weighted by molar-refractivity contribution is 7.89. The van der Waals surface area contributed by atoms with E-state index in [9.17, 15) is 13.7 Å². The summed E-state index contributed by atoms with van der Waals surface area (Å²) in [5.74, 6) is 0. The molecular formula is C28H28ClN5O2S. The number of hydrogen-bond donors (Lipinski definition) is 0. The Balaban J connectivity index is 0.00000320. The molecule has 0 aliphatic carbocycles. The van der Waals surface area contributed by atoms with Crippen molar-refractivity contribution in [3.8, 4) is 6.07 Å². The fourth-order valence-corrected chi connectivity index (χ4v) is 6.39. The lowest BCUT2D eigenvalue weighted by molar-refractivity contribution is 0.317. The Morgan fingerprint density at radius 1 is 1.03 bits per heavy atom. The summed E-state index contributed by atoms with van der Waals surface area (Å²) in [4.78, 5) is 6.74. The van der Waals surface area contributed by atoms with Gasteiger partial charge in [-0.05, 0) is 47.9 Å². The van der Waals surface area contributed by atoms with Crippen LogP contribution in [0.15, 0.2) is 96.3 Å². The van der Waals surface area contributed by atoms with E-state index < -0.39 is 10.0 Å². The van der Waals surface area contributed by atoms with Crippen LogP contribution in [0.3, 0.4) is 0 Å². The number of hydrogen-bond acceptors (Lipinski definition) is 5. The zero-order valence-corrected chi connectivity index (χ0v) is 22.1. The monoisotopic (exact) mass is 533 g/mol. The standard InChI is InChI=1S/C28H27N5O2S.ClH/c1-31-21-30-17-26(31)20-32-19-25(15-22-8-4-2-5-9-22)33(36(34,35)27-10-6-3-7-11-27)18-24-14-23(16-29)12-13-28(24)32;/h2-14,17,21,25H,15,18-20H2,1H3;1H/t25-;/m1./s1. The number of fused-ring (bicyclic) bond motifs is 1. The van der Waals surface area contributed by atoms with Gasteiger partial charge < -0.3 is 9.47 Å². The second-order valence-electron chi connectivity index (χ2n) is 9.04. The molecule has 1 aliphatic rings. The Morgan fingerprint density at radius 2 is 1.73 bits per heavy atom. The number of nitriles is 1. The van der Waals surface area contributed by atoms with Crippen molar-refractivity contribution in [3.05, 3.63) is 114 Å². The lowest BCUT2D eigenvalue weighted by atomic mass is 10.1. The maximum Gasteiger partial charge on any atom is 0.243 e. The maximum atomic E-state index is 14.0. The third-order valence-electron chi connectivity index (χ3n) is 6.65. The van der Waals surface area contributed by atoms with Crippen LogP contribution < -0.4 is 4.90 Å². The fourth-order valence-electron chi connectivity index (χ4n) is 4.77. The molecule has 0 radical (unpaired) electrons. The molecule has 4 aromatic rings. The maximum absolute atomic E-state index is 14.0. The van der Waals surface area contributed by atoms with Crippen molar-refractivity contribution in [3.63, 3.8) is 0 Å². The largest absolute Gasteiger partial charge is 0.364 e. The molecule has 1 aromatic heterocycles. The minimum atomic E-state index is -3.80. The van der Waals surface area contributed by atoms with Gasteiger partial charge in [0, 0.05) is 38.1 Å². The van der Waals surface area contributed by atoms with Gasteiger partial charge in [-0.2, -0.15) is 9.57 Å². The van der Waals surface area contributed by atoms with Crippen LogP contribution in [0.1, 0.15) is 22.4 Å². The number of sulfonamides is 1. The summed E-state index contributed by atoms with van der Waals surface area (Å²) in [6, 6.07) is 26.0. The van der Waals surface area contributed by atoms with Gasteiger partial charge in [0.15, 0.2) is 0 Å². The van der Waals surface area contributed by atoms with Crippen LogP contribution in [0.4, 0.5) is 5.69 Å². The summed E-state index contributed by atoms with van der Waals surface area (Å²) >= 11 is 0. The van der Waals surface area contributed by atoms with Crippen molar-refractivity contribution >= 4 is 28.1 Å². The third kappa shape index (κ3) is 5.54. The number of aryl methyl sites for hydroxylation is 1. The van der Waals surface area contributed by atoms with Crippen molar-refractivity contribution < 1.29 is 8.42 Å². The fraction of sp³-hybridized carbons (Fsp3) is 0.214. The summed E-state index contributed by atoms with van der Waals surface area (Å²) in [5.41, 5.74) is 4.33. The SMILES string of the molecule is Cl.Cn1cncc1CN1C[C@@H](Cc2ccccc2)N(S(=O)(=O)c2ccccc2)Cc2cc(C#N)ccc21. The summed E-state index contributed by atoms with van der Waals surface area (Å²) in [7, 11) is -1.85. The Labute approximate surface area is 224 Å². The summed E-state index contributed by atoms with van der Waals surface area (Å²) in [6.45, 7) is 1.24. The van der Waals surface area contributed by atoms with Crippen molar-refractivity contribution in [2.24, 2.45) is 7.05 Å². The zero-order valence-electron chi connectivity index (χ0n) is 20.4. The highest BCUT2D eigenvalue weighted by Gasteiger charge is 2.36. The predicted molar refractivity (Wildman–Crippen MR) is 146 cm³/mol. The molecule has 9 heteroatoms. The number of nitrogens with zero attached hydrogens (tertiary/aromatic N) is 5. The van der Waals surface area contributed by atoms with Crippen LogP contribution in [0.5, 0.6) is 0 Å². The van der Waals surface area contributed by atoms with E-state index in [0.29, 0.717) is 25.1 Å². The first-order chi connectivity index (χ1) is 17.5. The highest BCUT2D eigenvalue weighted by Crippen LogP contribution is 2.33. The first kappa shape index (κ1) is 26.4. The number of rotatable bonds is 6. The molecular weight excluding hydrogens is 506 g/mol. The van der Waals surface area contributed by atoms with Gasteiger partial charge in [0.1, 0.15) is 0 Å². The van der Waals surface area contributed by atoms with Gasteiger partial charge >= 0.3 is 0 Å². The van der Waals surface area contributed by atoms with Crippen molar-refractivity contribution in [1.82, 2.24) is 13.9 Å². The molecule has 2 heterocycles. The second kappa shape index (κ2) is 11.2. The molecule has 1 atom stereocenters. The predicted octanol–water partition coefficient (Wildman–Crippen LogP) is 4.54. The van der Waals surface area contributed by atoms with Crippen molar-refractivity contribution in [2.75, 3.05) is 11.4 Å². The van der Waals surface area contributed by atoms with E-state index in [0.717, 1.165) is 22.5 Å². The molecule has 0 saturated heterocycles. The van der Waals surface area contributed by atoms with Crippen molar-refractivity contribution in [2.45, 2.75) is 30.4 Å². The lowest BCUT2D eigenvalue weighted by Crippen LogP contribution is -2.45. The minimum Gasteiger partial charge on any atom is -0.364 e. The third-order valence-corrected chi connectivity index (χ3v) is 8.56. The van der Waals surface area contributed by atoms with Gasteiger partial charge in [0.2, 0.25) is 10.0 Å². The Morgan fingerprint density at radius 3 is 2.38 bits per heavy atom. The quantitative estimate of drug-likeness (QED) is 0.363. The number of benzene rings is 3. The molecule has 0 amide bonds. The number of aromatic nitrogens is 2. The molecule has 0 unspecified atom stereocenters. The van der Waals surface area contributed by atoms with Crippen LogP contribution in [-0.2, 0) is 36.6 Å². The number of halogens is 1. The van der Waals surface area contributed by atoms with Gasteiger partial charge in [-0.1, -0.05) is 48.5 Å². The highest BCUT2D eigenvalue weighted by atomic mass is 35.5. The van der Waals surface area contributed by atoms with Crippen LogP contribution in [0.25, 0.3) is 0 Å². The molecule has 0 N–H and O–H groups in total. The molecule has 37 heavy (non-hydrogen) atoms. The van der Waals surface area contributed by atoms with Gasteiger partial charge in [-0.15, -0.1) is 12.4 Å². The lowest BCUT2D eigenvalue weighted by Gasteiger charge is -2.32. The molecule has 0 fully saturated rings. The average Bonchev–Trinajstić information content (AvgIpc) is 3.24. The normalized spacial score (nSPS) is 15.8. The van der Waals surface area contributed by atoms with E-state index in [-0.39, 0.29) is 29.9 Å². The smallest absolute Gasteiger partial charge is 0.243 e. The molecule has 0 saturated carbocycles. The minimum absolute atomic E-state index is 0. The van der Waals surface area contributed by atoms with Crippen LogP contribution in [-0.4, -0.2) is 34.9 Å². The van der Waals surface area contributed by atoms with Crippen LogP contribution in [0, 0.1) is 11.3 Å². The van der Waals surface area contributed by atoms with Gasteiger partial charge in [0.25, 0.3) is 0 Å². The molecule has 5 rings (SSSR count). The first-order valence-corrected chi connectivity index (χ1v) is 13.2. The van der Waals surface area contributed by atoms with Gasteiger partial charge in [-0.25, -0.2) is 13.4 Å². The van der Waals surface area contributed by atoms with Gasteiger partial charge in [0.05, 0.1) is 35.1 Å². The molecule has 190 valence electrons. The van der Waals surface area contributed by atoms with Crippen LogP contribution >= 0.6 is 12.4 Å². The summed E-state index contributed by atoms with van der Waals surface area (Å²) in [5, 5.41) is 9.56. The van der Waals surface area contributed by atoms with E-state index in [1.165, 1.54) is 0 Å². The van der Waals surface area contributed by atoms with Crippen molar-refractivity contribution in [1.29, 1.82) is 5.26 Å². The molecule has 0 spiro atoms. The number of imidazole rings is 1. The molecule has 7 nitrogen and oxygen atoms in total. The van der Waals surface area contributed by atoms with E-state index in [1.54, 1.807) is 41.0 Å².